The lowest BCUT2D eigenvalue weighted by Gasteiger charge is -2.23. The monoisotopic (exact) mass is 312 g/mol. The summed E-state index contributed by atoms with van der Waals surface area (Å²) in [5.41, 5.74) is 1.63. The standard InChI is InChI=1S/C19H24N2O2/c1-14(2)15-12-19(22)21(20-13-15)16-8-10-18(11-9-16)23-17-6-4-3-5-7-17/h8-14,17H,3-7H2,1-2H3. The first-order valence-electron chi connectivity index (χ1n) is 8.50. The molecule has 2 aromatic rings. The second-order valence-corrected chi connectivity index (χ2v) is 6.57. The Balaban J connectivity index is 1.75. The molecule has 3 rings (SSSR count). The van der Waals surface area contributed by atoms with Gasteiger partial charge in [0, 0.05) is 6.07 Å². The molecule has 1 saturated carbocycles. The van der Waals surface area contributed by atoms with E-state index in [0.29, 0.717) is 12.0 Å². The Morgan fingerprint density at radius 2 is 1.83 bits per heavy atom. The molecular formula is C19H24N2O2. The maximum absolute atomic E-state index is 12.2. The average molecular weight is 312 g/mol. The van der Waals surface area contributed by atoms with Gasteiger partial charge in [-0.1, -0.05) is 20.3 Å². The van der Waals surface area contributed by atoms with E-state index in [1.165, 1.54) is 23.9 Å². The number of benzene rings is 1. The highest BCUT2D eigenvalue weighted by molar-refractivity contribution is 5.37. The molecule has 0 atom stereocenters. The van der Waals surface area contributed by atoms with Gasteiger partial charge in [-0.3, -0.25) is 4.79 Å². The summed E-state index contributed by atoms with van der Waals surface area (Å²) in [6, 6.07) is 9.29. The molecule has 0 saturated heterocycles. The molecule has 0 aliphatic heterocycles. The van der Waals surface area contributed by atoms with Crippen molar-refractivity contribution in [2.24, 2.45) is 0 Å². The van der Waals surface area contributed by atoms with E-state index < -0.39 is 0 Å². The summed E-state index contributed by atoms with van der Waals surface area (Å²) >= 11 is 0. The zero-order valence-electron chi connectivity index (χ0n) is 13.9. The molecule has 23 heavy (non-hydrogen) atoms. The Kier molecular flexibility index (Phi) is 4.79. The van der Waals surface area contributed by atoms with Gasteiger partial charge in [-0.25, -0.2) is 0 Å². The first-order chi connectivity index (χ1) is 11.1. The number of nitrogens with zero attached hydrogens (tertiary/aromatic N) is 2. The number of ether oxygens (including phenoxy) is 1. The predicted molar refractivity (Wildman–Crippen MR) is 91.4 cm³/mol. The van der Waals surface area contributed by atoms with Gasteiger partial charge in [-0.2, -0.15) is 9.78 Å². The molecule has 0 amide bonds. The van der Waals surface area contributed by atoms with E-state index in [1.54, 1.807) is 12.3 Å². The van der Waals surface area contributed by atoms with Crippen molar-refractivity contribution in [3.8, 4) is 11.4 Å². The second kappa shape index (κ2) is 6.99. The van der Waals surface area contributed by atoms with Crippen LogP contribution in [0.5, 0.6) is 5.75 Å². The molecular weight excluding hydrogens is 288 g/mol. The molecule has 4 nitrogen and oxygen atoms in total. The fourth-order valence-electron chi connectivity index (χ4n) is 2.97. The van der Waals surface area contributed by atoms with Crippen molar-refractivity contribution in [2.45, 2.75) is 58.0 Å². The second-order valence-electron chi connectivity index (χ2n) is 6.57. The van der Waals surface area contributed by atoms with Crippen LogP contribution >= 0.6 is 0 Å². The van der Waals surface area contributed by atoms with Crippen LogP contribution < -0.4 is 10.3 Å². The fraction of sp³-hybridized carbons (Fsp3) is 0.474. The molecule has 0 N–H and O–H groups in total. The average Bonchev–Trinajstić information content (AvgIpc) is 2.56. The maximum Gasteiger partial charge on any atom is 0.271 e. The third-order valence-electron chi connectivity index (χ3n) is 4.42. The molecule has 4 heteroatoms. The van der Waals surface area contributed by atoms with Crippen molar-refractivity contribution >= 4 is 0 Å². The lowest BCUT2D eigenvalue weighted by Crippen LogP contribution is -2.21. The van der Waals surface area contributed by atoms with Crippen molar-refractivity contribution in [1.29, 1.82) is 0 Å². The van der Waals surface area contributed by atoms with Crippen LogP contribution in [0.4, 0.5) is 0 Å². The lowest BCUT2D eigenvalue weighted by atomic mass is 9.98. The van der Waals surface area contributed by atoms with Gasteiger partial charge in [0.1, 0.15) is 5.75 Å². The molecule has 0 radical (unpaired) electrons. The Labute approximate surface area is 137 Å². The topological polar surface area (TPSA) is 44.1 Å². The number of rotatable bonds is 4. The molecule has 1 heterocycles. The quantitative estimate of drug-likeness (QED) is 0.855. The van der Waals surface area contributed by atoms with E-state index in [9.17, 15) is 4.79 Å². The number of aromatic nitrogens is 2. The Morgan fingerprint density at radius 3 is 2.43 bits per heavy atom. The molecule has 1 fully saturated rings. The SMILES string of the molecule is CC(C)c1cnn(-c2ccc(OC3CCCCC3)cc2)c(=O)c1. The third kappa shape index (κ3) is 3.81. The highest BCUT2D eigenvalue weighted by Crippen LogP contribution is 2.24. The molecule has 0 unspecified atom stereocenters. The van der Waals surface area contributed by atoms with E-state index >= 15 is 0 Å². The van der Waals surface area contributed by atoms with Crippen molar-refractivity contribution < 1.29 is 4.74 Å². The number of hydrogen-bond acceptors (Lipinski definition) is 3. The van der Waals surface area contributed by atoms with Crippen LogP contribution in [0.2, 0.25) is 0 Å². The molecule has 122 valence electrons. The summed E-state index contributed by atoms with van der Waals surface area (Å²) in [6.45, 7) is 4.11. The van der Waals surface area contributed by atoms with Crippen molar-refractivity contribution in [3.05, 3.63) is 52.4 Å². The zero-order chi connectivity index (χ0) is 16.2. The Morgan fingerprint density at radius 1 is 1.13 bits per heavy atom. The van der Waals surface area contributed by atoms with Crippen LogP contribution in [0.1, 0.15) is 57.4 Å². The van der Waals surface area contributed by atoms with E-state index in [0.717, 1.165) is 29.8 Å². The van der Waals surface area contributed by atoms with Crippen molar-refractivity contribution in [1.82, 2.24) is 9.78 Å². The zero-order valence-corrected chi connectivity index (χ0v) is 13.9. The molecule has 0 spiro atoms. The molecule has 0 bridgehead atoms. The van der Waals surface area contributed by atoms with Crippen LogP contribution in [0.15, 0.2) is 41.3 Å². The first kappa shape index (κ1) is 15.8. The van der Waals surface area contributed by atoms with Crippen LogP contribution in [-0.4, -0.2) is 15.9 Å². The van der Waals surface area contributed by atoms with Gasteiger partial charge in [0.25, 0.3) is 5.56 Å². The van der Waals surface area contributed by atoms with Crippen LogP contribution in [0, 0.1) is 0 Å². The molecule has 1 aromatic carbocycles. The van der Waals surface area contributed by atoms with Gasteiger partial charge < -0.3 is 4.74 Å². The van der Waals surface area contributed by atoms with Gasteiger partial charge in [0.05, 0.1) is 18.0 Å². The highest BCUT2D eigenvalue weighted by atomic mass is 16.5. The van der Waals surface area contributed by atoms with Crippen LogP contribution in [-0.2, 0) is 0 Å². The summed E-state index contributed by atoms with van der Waals surface area (Å²) in [7, 11) is 0. The third-order valence-corrected chi connectivity index (χ3v) is 4.42. The van der Waals surface area contributed by atoms with Crippen LogP contribution in [0.25, 0.3) is 5.69 Å². The number of hydrogen-bond donors (Lipinski definition) is 0. The normalized spacial score (nSPS) is 15.8. The van der Waals surface area contributed by atoms with E-state index in [1.807, 2.05) is 24.3 Å². The highest BCUT2D eigenvalue weighted by Gasteiger charge is 2.14. The smallest absolute Gasteiger partial charge is 0.271 e. The minimum atomic E-state index is -0.0999. The summed E-state index contributed by atoms with van der Waals surface area (Å²) in [5, 5.41) is 4.28. The molecule has 1 aliphatic rings. The van der Waals surface area contributed by atoms with Crippen molar-refractivity contribution in [3.63, 3.8) is 0 Å². The van der Waals surface area contributed by atoms with Gasteiger partial charge in [-0.05, 0) is 61.4 Å². The van der Waals surface area contributed by atoms with Gasteiger partial charge in [0.2, 0.25) is 0 Å². The summed E-state index contributed by atoms with van der Waals surface area (Å²) in [4.78, 5) is 12.2. The van der Waals surface area contributed by atoms with Crippen molar-refractivity contribution in [2.75, 3.05) is 0 Å². The molecule has 1 aromatic heterocycles. The minimum absolute atomic E-state index is 0.0999. The Bertz CT molecular complexity index is 698. The summed E-state index contributed by atoms with van der Waals surface area (Å²) in [6.07, 6.45) is 8.20. The lowest BCUT2D eigenvalue weighted by molar-refractivity contribution is 0.155. The van der Waals surface area contributed by atoms with Gasteiger partial charge >= 0.3 is 0 Å². The van der Waals surface area contributed by atoms with E-state index in [2.05, 4.69) is 18.9 Å². The maximum atomic E-state index is 12.2. The molecule has 1 aliphatic carbocycles. The fourth-order valence-corrected chi connectivity index (χ4v) is 2.97. The van der Waals surface area contributed by atoms with E-state index in [4.69, 9.17) is 4.74 Å². The Hall–Kier alpha value is -2.10. The summed E-state index contributed by atoms with van der Waals surface area (Å²) < 4.78 is 7.45. The summed E-state index contributed by atoms with van der Waals surface area (Å²) in [5.74, 6) is 1.17. The first-order valence-corrected chi connectivity index (χ1v) is 8.50. The largest absolute Gasteiger partial charge is 0.490 e. The van der Waals surface area contributed by atoms with E-state index in [-0.39, 0.29) is 5.56 Å². The van der Waals surface area contributed by atoms with Gasteiger partial charge in [0.15, 0.2) is 0 Å². The van der Waals surface area contributed by atoms with Crippen LogP contribution in [0.3, 0.4) is 0 Å². The predicted octanol–water partition coefficient (Wildman–Crippen LogP) is 4.07. The minimum Gasteiger partial charge on any atom is -0.490 e. The van der Waals surface area contributed by atoms with Gasteiger partial charge in [-0.15, -0.1) is 0 Å².